The number of nitrogens with zero attached hydrogens (tertiary/aromatic N) is 5. The van der Waals surface area contributed by atoms with Crippen LogP contribution in [0.4, 0.5) is 0 Å². The highest BCUT2D eigenvalue weighted by atomic mass is 16.3. The first-order valence-electron chi connectivity index (χ1n) is 8.29. The predicted molar refractivity (Wildman–Crippen MR) is 87.0 cm³/mol. The van der Waals surface area contributed by atoms with Crippen molar-refractivity contribution < 1.29 is 10.0 Å². The monoisotopic (exact) mass is 329 g/mol. The minimum absolute atomic E-state index is 0.103. The molecule has 8 heteroatoms. The van der Waals surface area contributed by atoms with Gasteiger partial charge in [0.05, 0.1) is 19.3 Å². The zero-order valence-corrected chi connectivity index (χ0v) is 13.3. The van der Waals surface area contributed by atoms with Gasteiger partial charge in [0.2, 0.25) is 0 Å². The van der Waals surface area contributed by atoms with E-state index in [9.17, 15) is 9.90 Å². The van der Waals surface area contributed by atoms with E-state index in [1.54, 1.807) is 6.07 Å². The van der Waals surface area contributed by atoms with Gasteiger partial charge in [-0.05, 0) is 12.5 Å². The van der Waals surface area contributed by atoms with E-state index in [1.807, 2.05) is 10.6 Å². The van der Waals surface area contributed by atoms with Crippen molar-refractivity contribution in [3.05, 3.63) is 46.9 Å². The van der Waals surface area contributed by atoms with Gasteiger partial charge in [-0.25, -0.2) is 4.68 Å². The van der Waals surface area contributed by atoms with Crippen LogP contribution in [0.5, 0.6) is 0 Å². The van der Waals surface area contributed by atoms with E-state index < -0.39 is 6.10 Å². The van der Waals surface area contributed by atoms with E-state index in [1.165, 1.54) is 28.4 Å². The third-order valence-corrected chi connectivity index (χ3v) is 4.95. The summed E-state index contributed by atoms with van der Waals surface area (Å²) >= 11 is 0. The largest absolute Gasteiger partial charge is 0.381 e. The summed E-state index contributed by atoms with van der Waals surface area (Å²) in [6, 6.07) is 5.55. The molecule has 4 heterocycles. The first kappa shape index (κ1) is 15.2. The summed E-state index contributed by atoms with van der Waals surface area (Å²) in [5.74, 6) is 0.886. The second-order valence-corrected chi connectivity index (χ2v) is 6.73. The maximum atomic E-state index is 12.0. The van der Waals surface area contributed by atoms with E-state index in [2.05, 4.69) is 21.4 Å². The number of likely N-dealkylation sites (tertiary alicyclic amines) is 1. The molecule has 0 radical (unpaired) electrons. The highest BCUT2D eigenvalue weighted by Gasteiger charge is 2.37. The highest BCUT2D eigenvalue weighted by molar-refractivity contribution is 5.62. The molecule has 1 unspecified atom stereocenters. The Hall–Kier alpha value is -2.32. The lowest BCUT2D eigenvalue weighted by atomic mass is 9.83. The van der Waals surface area contributed by atoms with Crippen molar-refractivity contribution in [1.29, 1.82) is 0 Å². The van der Waals surface area contributed by atoms with E-state index in [4.69, 9.17) is 0 Å². The molecule has 4 atom stereocenters. The van der Waals surface area contributed by atoms with Gasteiger partial charge in [-0.2, -0.15) is 5.10 Å². The maximum Gasteiger partial charge on any atom is 0.250 e. The summed E-state index contributed by atoms with van der Waals surface area (Å²) in [5.41, 5.74) is 1.25. The van der Waals surface area contributed by atoms with Crippen molar-refractivity contribution in [3.8, 4) is 0 Å². The quantitative estimate of drug-likeness (QED) is 0.657. The van der Waals surface area contributed by atoms with Gasteiger partial charge < -0.3 is 14.6 Å². The van der Waals surface area contributed by atoms with Gasteiger partial charge in [0.15, 0.2) is 0 Å². The second-order valence-electron chi connectivity index (χ2n) is 6.73. The number of quaternary nitrogens is 1. The summed E-state index contributed by atoms with van der Waals surface area (Å²) in [6.07, 6.45) is 5.02. The lowest BCUT2D eigenvalue weighted by Crippen LogP contribution is -3.15. The number of pyridine rings is 1. The predicted octanol–water partition coefficient (Wildman–Crippen LogP) is -1.66. The van der Waals surface area contributed by atoms with Crippen molar-refractivity contribution in [2.45, 2.75) is 25.0 Å². The molecular formula is C16H21N6O2+. The van der Waals surface area contributed by atoms with Gasteiger partial charge >= 0.3 is 0 Å². The van der Waals surface area contributed by atoms with Gasteiger partial charge in [0, 0.05) is 30.1 Å². The number of fused-ring (bicyclic) bond motifs is 4. The number of aliphatic hydroxyl groups is 1. The standard InChI is InChI=1S/C16H20N6O2/c23-14(5-19-21-10-17-18-11-21)9-20-6-12-4-13(8-20)15-2-1-3-16(24)22(15)7-12/h1-3,5,10-14,23H,4,6-9H2/p+1/b19-5-/t12-,13+,14-/m1/s1. The SMILES string of the molecule is O=c1cccc2n1C[C@@H]1C[C@H]2C[NH+](C[C@H](O)/C=N\n2cnnc2)C1. The normalized spacial score (nSPS) is 27.1. The van der Waals surface area contributed by atoms with E-state index >= 15 is 0 Å². The summed E-state index contributed by atoms with van der Waals surface area (Å²) < 4.78 is 3.39. The highest BCUT2D eigenvalue weighted by Crippen LogP contribution is 2.29. The molecule has 0 amide bonds. The summed E-state index contributed by atoms with van der Waals surface area (Å²) in [4.78, 5) is 13.4. The molecule has 1 fully saturated rings. The molecule has 0 saturated carbocycles. The van der Waals surface area contributed by atoms with E-state index in [0.717, 1.165) is 31.7 Å². The Morgan fingerprint density at radius 1 is 1.38 bits per heavy atom. The van der Waals surface area contributed by atoms with Gasteiger partial charge in [-0.1, -0.05) is 6.07 Å². The molecule has 2 aromatic rings. The Balaban J connectivity index is 1.43. The van der Waals surface area contributed by atoms with Crippen molar-refractivity contribution >= 4 is 6.21 Å². The van der Waals surface area contributed by atoms with Gasteiger partial charge in [0.25, 0.3) is 5.56 Å². The van der Waals surface area contributed by atoms with E-state index in [-0.39, 0.29) is 5.56 Å². The third kappa shape index (κ3) is 3.02. The van der Waals surface area contributed by atoms with Crippen LogP contribution in [0.15, 0.2) is 40.7 Å². The fourth-order valence-electron chi connectivity index (χ4n) is 4.04. The number of aromatic nitrogens is 4. The lowest BCUT2D eigenvalue weighted by Gasteiger charge is -2.40. The minimum atomic E-state index is -0.612. The smallest absolute Gasteiger partial charge is 0.250 e. The van der Waals surface area contributed by atoms with Crippen LogP contribution in [0.25, 0.3) is 0 Å². The van der Waals surface area contributed by atoms with Crippen molar-refractivity contribution in [1.82, 2.24) is 19.4 Å². The van der Waals surface area contributed by atoms with Gasteiger partial charge in [-0.15, -0.1) is 10.2 Å². The van der Waals surface area contributed by atoms with E-state index in [0.29, 0.717) is 18.4 Å². The molecule has 0 aromatic carbocycles. The third-order valence-electron chi connectivity index (χ3n) is 4.95. The topological polar surface area (TPSA) is 89.7 Å². The van der Waals surface area contributed by atoms with Crippen molar-refractivity contribution in [2.24, 2.45) is 11.0 Å². The number of hydrogen-bond donors (Lipinski definition) is 2. The Kier molecular flexibility index (Phi) is 3.99. The Morgan fingerprint density at radius 2 is 2.21 bits per heavy atom. The fraction of sp³-hybridized carbons (Fsp3) is 0.500. The molecule has 2 aromatic heterocycles. The Bertz CT molecular complexity index is 784. The number of rotatable bonds is 4. The molecule has 24 heavy (non-hydrogen) atoms. The molecule has 126 valence electrons. The molecule has 8 nitrogen and oxygen atoms in total. The summed E-state index contributed by atoms with van der Waals surface area (Å²) in [7, 11) is 0. The van der Waals surface area contributed by atoms with Crippen molar-refractivity contribution in [3.63, 3.8) is 0 Å². The molecule has 2 bridgehead atoms. The van der Waals surface area contributed by atoms with Crippen molar-refractivity contribution in [2.75, 3.05) is 19.6 Å². The average molecular weight is 329 g/mol. The average Bonchev–Trinajstić information content (AvgIpc) is 3.07. The molecule has 0 aliphatic carbocycles. The van der Waals surface area contributed by atoms with Crippen LogP contribution >= 0.6 is 0 Å². The van der Waals surface area contributed by atoms with Crippen LogP contribution in [0.1, 0.15) is 18.0 Å². The number of hydrogen-bond acceptors (Lipinski definition) is 5. The summed E-state index contributed by atoms with van der Waals surface area (Å²) in [6.45, 7) is 3.34. The van der Waals surface area contributed by atoms with Crippen LogP contribution in [-0.4, -0.2) is 56.5 Å². The zero-order chi connectivity index (χ0) is 16.5. The molecular weight excluding hydrogens is 308 g/mol. The molecule has 2 N–H and O–H groups in total. The molecule has 2 aliphatic rings. The molecule has 4 rings (SSSR count). The van der Waals surface area contributed by atoms with Gasteiger partial charge in [-0.3, -0.25) is 4.79 Å². The first-order chi connectivity index (χ1) is 11.7. The Labute approximate surface area is 139 Å². The van der Waals surface area contributed by atoms with Crippen LogP contribution in [0.3, 0.4) is 0 Å². The number of aliphatic hydroxyl groups excluding tert-OH is 1. The molecule has 0 spiro atoms. The zero-order valence-electron chi connectivity index (χ0n) is 13.3. The maximum absolute atomic E-state index is 12.0. The molecule has 2 aliphatic heterocycles. The van der Waals surface area contributed by atoms with Crippen LogP contribution in [0, 0.1) is 5.92 Å². The van der Waals surface area contributed by atoms with Crippen LogP contribution < -0.4 is 10.5 Å². The fourth-order valence-corrected chi connectivity index (χ4v) is 4.04. The van der Waals surface area contributed by atoms with Crippen LogP contribution in [-0.2, 0) is 6.54 Å². The molecule has 1 saturated heterocycles. The second kappa shape index (κ2) is 6.29. The Morgan fingerprint density at radius 3 is 3.04 bits per heavy atom. The summed E-state index contributed by atoms with van der Waals surface area (Å²) in [5, 5.41) is 21.7. The minimum Gasteiger partial charge on any atom is -0.381 e. The number of piperidine rings is 1. The van der Waals surface area contributed by atoms with Crippen LogP contribution in [0.2, 0.25) is 0 Å². The first-order valence-corrected chi connectivity index (χ1v) is 8.29. The number of nitrogens with one attached hydrogen (secondary N) is 1. The lowest BCUT2D eigenvalue weighted by molar-refractivity contribution is -0.912. The van der Waals surface area contributed by atoms with Gasteiger partial charge in [0.1, 0.15) is 25.3 Å².